The van der Waals surface area contributed by atoms with Gasteiger partial charge in [-0.25, -0.2) is 0 Å². The van der Waals surface area contributed by atoms with Gasteiger partial charge in [-0.05, 0) is 18.7 Å². The third kappa shape index (κ3) is 4.33. The molecule has 3 heteroatoms. The lowest BCUT2D eigenvalue weighted by atomic mass is 10.4. The van der Waals surface area contributed by atoms with Gasteiger partial charge in [-0.1, -0.05) is 13.8 Å². The standard InChI is InChI=1S/C9H19NOS/c1-8(2)10-4-3-5-12-9-6-11-7-9/h8-10H,3-7H2,1-2H3. The van der Waals surface area contributed by atoms with E-state index >= 15 is 0 Å². The second-order valence-corrected chi connectivity index (χ2v) is 4.90. The highest BCUT2D eigenvalue weighted by Crippen LogP contribution is 2.19. The summed E-state index contributed by atoms with van der Waals surface area (Å²) in [5.74, 6) is 1.27. The van der Waals surface area contributed by atoms with Crippen LogP contribution in [0.3, 0.4) is 0 Å². The normalized spacial score (nSPS) is 18.2. The first kappa shape index (κ1) is 10.4. The predicted octanol–water partition coefficient (Wildman–Crippen LogP) is 1.51. The molecule has 1 rings (SSSR count). The summed E-state index contributed by atoms with van der Waals surface area (Å²) < 4.78 is 5.09. The summed E-state index contributed by atoms with van der Waals surface area (Å²) in [4.78, 5) is 0. The molecule has 0 saturated carbocycles. The average molecular weight is 189 g/mol. The number of rotatable bonds is 6. The largest absolute Gasteiger partial charge is 0.379 e. The SMILES string of the molecule is CC(C)NCCCSC1COC1. The molecule has 0 unspecified atom stereocenters. The Morgan fingerprint density at radius 1 is 1.50 bits per heavy atom. The van der Waals surface area contributed by atoms with Crippen molar-refractivity contribution in [3.05, 3.63) is 0 Å². The van der Waals surface area contributed by atoms with E-state index in [1.807, 2.05) is 11.8 Å². The number of hydrogen-bond acceptors (Lipinski definition) is 3. The van der Waals surface area contributed by atoms with Crippen LogP contribution in [0.15, 0.2) is 0 Å². The molecule has 0 aliphatic carbocycles. The third-order valence-corrected chi connectivity index (χ3v) is 3.10. The Labute approximate surface area is 79.4 Å². The zero-order valence-electron chi connectivity index (χ0n) is 8.01. The summed E-state index contributed by atoms with van der Waals surface area (Å²) in [6.07, 6.45) is 1.28. The molecule has 0 aromatic heterocycles. The highest BCUT2D eigenvalue weighted by atomic mass is 32.2. The maximum absolute atomic E-state index is 5.09. The van der Waals surface area contributed by atoms with Crippen LogP contribution in [-0.4, -0.2) is 36.8 Å². The molecule has 0 aromatic carbocycles. The molecular weight excluding hydrogens is 170 g/mol. The van der Waals surface area contributed by atoms with Crippen LogP contribution in [0, 0.1) is 0 Å². The predicted molar refractivity (Wildman–Crippen MR) is 54.8 cm³/mol. The van der Waals surface area contributed by atoms with E-state index in [1.54, 1.807) is 0 Å². The van der Waals surface area contributed by atoms with Gasteiger partial charge in [0.05, 0.1) is 18.5 Å². The maximum Gasteiger partial charge on any atom is 0.0607 e. The molecule has 0 amide bonds. The Hall–Kier alpha value is 0.270. The minimum atomic E-state index is 0.627. The summed E-state index contributed by atoms with van der Waals surface area (Å²) in [7, 11) is 0. The second-order valence-electron chi connectivity index (χ2n) is 3.49. The fourth-order valence-corrected chi connectivity index (χ4v) is 2.05. The van der Waals surface area contributed by atoms with E-state index in [4.69, 9.17) is 4.74 Å². The van der Waals surface area contributed by atoms with Crippen molar-refractivity contribution in [2.24, 2.45) is 0 Å². The Kier molecular flexibility index (Phi) is 5.04. The highest BCUT2D eigenvalue weighted by Gasteiger charge is 2.17. The van der Waals surface area contributed by atoms with Crippen LogP contribution in [0.1, 0.15) is 20.3 Å². The summed E-state index contributed by atoms with van der Waals surface area (Å²) >= 11 is 2.05. The summed E-state index contributed by atoms with van der Waals surface area (Å²) in [6, 6.07) is 0.627. The van der Waals surface area contributed by atoms with E-state index in [2.05, 4.69) is 19.2 Å². The smallest absolute Gasteiger partial charge is 0.0607 e. The Morgan fingerprint density at radius 2 is 2.25 bits per heavy atom. The summed E-state index contributed by atoms with van der Waals surface area (Å²) in [6.45, 7) is 7.47. The average Bonchev–Trinajstić information content (AvgIpc) is 1.92. The molecule has 1 heterocycles. The van der Waals surface area contributed by atoms with Gasteiger partial charge in [-0.15, -0.1) is 0 Å². The monoisotopic (exact) mass is 189 g/mol. The maximum atomic E-state index is 5.09. The van der Waals surface area contributed by atoms with Crippen molar-refractivity contribution in [3.63, 3.8) is 0 Å². The van der Waals surface area contributed by atoms with Crippen LogP contribution in [0.2, 0.25) is 0 Å². The van der Waals surface area contributed by atoms with Crippen molar-refractivity contribution < 1.29 is 4.74 Å². The molecule has 0 bridgehead atoms. The van der Waals surface area contributed by atoms with E-state index in [9.17, 15) is 0 Å². The second kappa shape index (κ2) is 5.84. The van der Waals surface area contributed by atoms with Crippen molar-refractivity contribution >= 4 is 11.8 Å². The van der Waals surface area contributed by atoms with Crippen molar-refractivity contribution in [3.8, 4) is 0 Å². The van der Waals surface area contributed by atoms with E-state index in [0.717, 1.165) is 25.0 Å². The molecule has 72 valence electrons. The van der Waals surface area contributed by atoms with Crippen LogP contribution in [0.4, 0.5) is 0 Å². The van der Waals surface area contributed by atoms with Crippen LogP contribution in [0.25, 0.3) is 0 Å². The Bertz CT molecular complexity index is 115. The molecule has 0 aromatic rings. The molecule has 1 aliphatic rings. The van der Waals surface area contributed by atoms with Gasteiger partial charge in [0.1, 0.15) is 0 Å². The van der Waals surface area contributed by atoms with E-state index in [0.29, 0.717) is 6.04 Å². The van der Waals surface area contributed by atoms with Crippen molar-refractivity contribution in [1.29, 1.82) is 0 Å². The van der Waals surface area contributed by atoms with Gasteiger partial charge in [0.25, 0.3) is 0 Å². The quantitative estimate of drug-likeness (QED) is 0.640. The molecule has 1 N–H and O–H groups in total. The van der Waals surface area contributed by atoms with Gasteiger partial charge < -0.3 is 10.1 Å². The molecule has 0 spiro atoms. The molecule has 1 aliphatic heterocycles. The van der Waals surface area contributed by atoms with Crippen molar-refractivity contribution in [2.75, 3.05) is 25.5 Å². The van der Waals surface area contributed by atoms with E-state index < -0.39 is 0 Å². The minimum Gasteiger partial charge on any atom is -0.379 e. The molecule has 2 nitrogen and oxygen atoms in total. The Balaban J connectivity index is 1.76. The topological polar surface area (TPSA) is 21.3 Å². The zero-order valence-corrected chi connectivity index (χ0v) is 8.82. The molecule has 0 atom stereocenters. The fraction of sp³-hybridized carbons (Fsp3) is 1.00. The van der Waals surface area contributed by atoms with Crippen molar-refractivity contribution in [2.45, 2.75) is 31.6 Å². The zero-order chi connectivity index (χ0) is 8.81. The van der Waals surface area contributed by atoms with Gasteiger partial charge in [-0.2, -0.15) is 11.8 Å². The van der Waals surface area contributed by atoms with Gasteiger partial charge in [0, 0.05) is 6.04 Å². The number of ether oxygens (including phenoxy) is 1. The Morgan fingerprint density at radius 3 is 2.75 bits per heavy atom. The fourth-order valence-electron chi connectivity index (χ4n) is 1.02. The molecule has 1 saturated heterocycles. The van der Waals surface area contributed by atoms with Crippen molar-refractivity contribution in [1.82, 2.24) is 5.32 Å². The van der Waals surface area contributed by atoms with Gasteiger partial charge in [0.15, 0.2) is 0 Å². The number of nitrogens with one attached hydrogen (secondary N) is 1. The summed E-state index contributed by atoms with van der Waals surface area (Å²) in [5.41, 5.74) is 0. The number of hydrogen-bond donors (Lipinski definition) is 1. The van der Waals surface area contributed by atoms with Gasteiger partial charge in [0.2, 0.25) is 0 Å². The third-order valence-electron chi connectivity index (χ3n) is 1.83. The first-order chi connectivity index (χ1) is 5.79. The van der Waals surface area contributed by atoms with E-state index in [1.165, 1.54) is 12.2 Å². The lowest BCUT2D eigenvalue weighted by Gasteiger charge is -2.25. The van der Waals surface area contributed by atoms with Gasteiger partial charge in [-0.3, -0.25) is 0 Å². The lowest BCUT2D eigenvalue weighted by Crippen LogP contribution is -2.31. The molecular formula is C9H19NOS. The van der Waals surface area contributed by atoms with Crippen LogP contribution < -0.4 is 5.32 Å². The number of thioether (sulfide) groups is 1. The van der Waals surface area contributed by atoms with E-state index in [-0.39, 0.29) is 0 Å². The first-order valence-corrected chi connectivity index (χ1v) is 5.76. The van der Waals surface area contributed by atoms with Crippen LogP contribution in [0.5, 0.6) is 0 Å². The minimum absolute atomic E-state index is 0.627. The van der Waals surface area contributed by atoms with Crippen LogP contribution in [-0.2, 0) is 4.74 Å². The molecule has 0 radical (unpaired) electrons. The van der Waals surface area contributed by atoms with Crippen LogP contribution >= 0.6 is 11.8 Å². The molecule has 1 fully saturated rings. The van der Waals surface area contributed by atoms with Gasteiger partial charge >= 0.3 is 0 Å². The molecule has 12 heavy (non-hydrogen) atoms. The first-order valence-electron chi connectivity index (χ1n) is 4.72. The lowest BCUT2D eigenvalue weighted by molar-refractivity contribution is 0.0455. The summed E-state index contributed by atoms with van der Waals surface area (Å²) in [5, 5.41) is 4.21. The highest BCUT2D eigenvalue weighted by molar-refractivity contribution is 8.00.